The first kappa shape index (κ1) is 28.6. The van der Waals surface area contributed by atoms with Gasteiger partial charge in [-0.3, -0.25) is 4.57 Å². The fraction of sp³-hybridized carbons (Fsp3) is 0. The molecule has 9 aromatic rings. The van der Waals surface area contributed by atoms with E-state index < -0.39 is 0 Å². The molecule has 0 radical (unpaired) electrons. The van der Waals surface area contributed by atoms with Crippen molar-refractivity contribution in [1.82, 2.24) is 24.1 Å². The molecule has 50 heavy (non-hydrogen) atoms. The van der Waals surface area contributed by atoms with Gasteiger partial charge in [0.2, 0.25) is 5.95 Å². The first-order chi connectivity index (χ1) is 24.6. The number of para-hydroxylation sites is 2. The van der Waals surface area contributed by atoms with Crippen LogP contribution in [0, 0.1) is 29.2 Å². The number of hydrogen-bond acceptors (Lipinski definition) is 5. The van der Waals surface area contributed by atoms with E-state index in [1.165, 1.54) is 0 Å². The lowest BCUT2D eigenvalue weighted by Gasteiger charge is -2.15. The zero-order chi connectivity index (χ0) is 33.8. The van der Waals surface area contributed by atoms with Crippen LogP contribution in [0.5, 0.6) is 0 Å². The summed E-state index contributed by atoms with van der Waals surface area (Å²) >= 11 is 0. The minimum absolute atomic E-state index is 0.393. The van der Waals surface area contributed by atoms with Gasteiger partial charge in [0.05, 0.1) is 57.6 Å². The summed E-state index contributed by atoms with van der Waals surface area (Å²) in [5, 5.41) is 23.6. The fourth-order valence-electron chi connectivity index (χ4n) is 6.83. The highest BCUT2D eigenvalue weighted by Crippen LogP contribution is 2.38. The molecule has 6 aromatic carbocycles. The average molecular weight is 639 g/mol. The molecular formula is C42H22N8. The molecule has 9 rings (SSSR count). The van der Waals surface area contributed by atoms with Crippen molar-refractivity contribution in [3.8, 4) is 46.5 Å². The van der Waals surface area contributed by atoms with Gasteiger partial charge in [-0.2, -0.15) is 20.5 Å². The van der Waals surface area contributed by atoms with E-state index >= 15 is 0 Å². The zero-order valence-corrected chi connectivity index (χ0v) is 26.3. The van der Waals surface area contributed by atoms with Crippen LogP contribution in [0.2, 0.25) is 0 Å². The van der Waals surface area contributed by atoms with Crippen molar-refractivity contribution in [2.75, 3.05) is 0 Å². The number of benzene rings is 6. The SMILES string of the molecule is [C-]#[N+]c1ccc2c(c1)c1ccccc1n2-c1ccc(C#N)cc1-c1nc(-c2ccccc2)nc(-n2c3ccccc3c3cc(C#N)ccc32)n1. The standard InChI is InChI=1S/C42H22N8/c1-45-29-17-20-37-33(23-29)31-12-5-7-13-35(31)49(37)39-19-16-27(25-44)22-34(39)41-46-40(28-9-3-2-4-10-28)47-42(48-41)50-36-14-8-6-11-30(36)32-21-26(24-43)15-18-38(32)50/h2-23H. The first-order valence-corrected chi connectivity index (χ1v) is 15.9. The van der Waals surface area contributed by atoms with Crippen LogP contribution in [0.1, 0.15) is 11.1 Å². The van der Waals surface area contributed by atoms with E-state index in [0.29, 0.717) is 40.0 Å². The van der Waals surface area contributed by atoms with E-state index in [1.54, 1.807) is 12.1 Å². The number of nitriles is 2. The Morgan fingerprint density at radius 2 is 1.10 bits per heavy atom. The molecule has 230 valence electrons. The minimum atomic E-state index is 0.393. The Hall–Kier alpha value is -7.60. The maximum atomic E-state index is 10.1. The van der Waals surface area contributed by atoms with E-state index in [0.717, 1.165) is 54.9 Å². The molecule has 0 spiro atoms. The lowest BCUT2D eigenvalue weighted by atomic mass is 10.1. The number of fused-ring (bicyclic) bond motifs is 6. The second kappa shape index (κ2) is 11.3. The third-order valence-corrected chi connectivity index (χ3v) is 9.05. The quantitative estimate of drug-likeness (QED) is 0.179. The number of hydrogen-bond donors (Lipinski definition) is 0. The van der Waals surface area contributed by atoms with Crippen LogP contribution in [-0.4, -0.2) is 24.1 Å². The smallest absolute Gasteiger partial charge is 0.238 e. The van der Waals surface area contributed by atoms with E-state index in [9.17, 15) is 10.5 Å². The van der Waals surface area contributed by atoms with Crippen molar-refractivity contribution >= 4 is 49.3 Å². The predicted octanol–water partition coefficient (Wildman–Crippen LogP) is 9.69. The van der Waals surface area contributed by atoms with Crippen molar-refractivity contribution in [3.63, 3.8) is 0 Å². The van der Waals surface area contributed by atoms with Crippen molar-refractivity contribution in [3.05, 3.63) is 156 Å². The molecule has 3 heterocycles. The zero-order valence-electron chi connectivity index (χ0n) is 26.3. The molecule has 0 saturated heterocycles. The molecule has 0 N–H and O–H groups in total. The Morgan fingerprint density at radius 3 is 1.84 bits per heavy atom. The van der Waals surface area contributed by atoms with Gasteiger partial charge < -0.3 is 4.57 Å². The van der Waals surface area contributed by atoms with Crippen LogP contribution in [0.25, 0.3) is 82.9 Å². The molecule has 0 saturated carbocycles. The molecule has 0 aliphatic carbocycles. The average Bonchev–Trinajstić information content (AvgIpc) is 3.69. The normalized spacial score (nSPS) is 11.1. The molecule has 3 aromatic heterocycles. The summed E-state index contributed by atoms with van der Waals surface area (Å²) in [5.74, 6) is 1.27. The monoisotopic (exact) mass is 638 g/mol. The van der Waals surface area contributed by atoms with Gasteiger partial charge in [0, 0.05) is 27.3 Å². The van der Waals surface area contributed by atoms with Crippen LogP contribution < -0.4 is 0 Å². The van der Waals surface area contributed by atoms with Crippen molar-refractivity contribution in [2.24, 2.45) is 0 Å². The maximum absolute atomic E-state index is 10.1. The molecule has 0 aliphatic heterocycles. The molecule has 0 aliphatic rings. The highest BCUT2D eigenvalue weighted by atomic mass is 15.2. The van der Waals surface area contributed by atoms with Crippen LogP contribution in [-0.2, 0) is 0 Å². The molecular weight excluding hydrogens is 617 g/mol. The van der Waals surface area contributed by atoms with E-state index in [2.05, 4.69) is 33.7 Å². The summed E-state index contributed by atoms with van der Waals surface area (Å²) in [6.07, 6.45) is 0. The Bertz CT molecular complexity index is 2970. The van der Waals surface area contributed by atoms with Crippen molar-refractivity contribution in [2.45, 2.75) is 0 Å². The fourth-order valence-corrected chi connectivity index (χ4v) is 6.83. The van der Waals surface area contributed by atoms with Gasteiger partial charge in [-0.1, -0.05) is 72.8 Å². The summed E-state index contributed by atoms with van der Waals surface area (Å²) in [5.41, 5.74) is 7.43. The predicted molar refractivity (Wildman–Crippen MR) is 195 cm³/mol. The van der Waals surface area contributed by atoms with E-state index in [4.69, 9.17) is 21.5 Å². The Morgan fingerprint density at radius 1 is 0.520 bits per heavy atom. The molecule has 0 atom stereocenters. The summed E-state index contributed by atoms with van der Waals surface area (Å²) in [7, 11) is 0. The van der Waals surface area contributed by atoms with Gasteiger partial charge in [-0.05, 0) is 66.0 Å². The van der Waals surface area contributed by atoms with Gasteiger partial charge in [0.25, 0.3) is 0 Å². The second-order valence-corrected chi connectivity index (χ2v) is 11.9. The van der Waals surface area contributed by atoms with Crippen LogP contribution in [0.3, 0.4) is 0 Å². The lowest BCUT2D eigenvalue weighted by Crippen LogP contribution is -2.08. The van der Waals surface area contributed by atoms with Crippen LogP contribution >= 0.6 is 0 Å². The van der Waals surface area contributed by atoms with Crippen molar-refractivity contribution in [1.29, 1.82) is 10.5 Å². The largest absolute Gasteiger partial charge is 0.309 e. The third-order valence-electron chi connectivity index (χ3n) is 9.05. The number of aromatic nitrogens is 5. The van der Waals surface area contributed by atoms with E-state index in [1.807, 2.05) is 114 Å². The Kier molecular flexibility index (Phi) is 6.45. The molecule has 0 fully saturated rings. The summed E-state index contributed by atoms with van der Waals surface area (Å²) < 4.78 is 4.15. The second-order valence-electron chi connectivity index (χ2n) is 11.9. The Labute approximate surface area is 285 Å². The summed E-state index contributed by atoms with van der Waals surface area (Å²) in [6, 6.07) is 47.3. The first-order valence-electron chi connectivity index (χ1n) is 15.9. The van der Waals surface area contributed by atoms with Gasteiger partial charge >= 0.3 is 0 Å². The maximum Gasteiger partial charge on any atom is 0.238 e. The van der Waals surface area contributed by atoms with Gasteiger partial charge in [-0.15, -0.1) is 0 Å². The molecule has 8 heteroatoms. The van der Waals surface area contributed by atoms with Crippen molar-refractivity contribution < 1.29 is 0 Å². The summed E-state index contributed by atoms with van der Waals surface area (Å²) in [4.78, 5) is 19.0. The molecule has 8 nitrogen and oxygen atoms in total. The van der Waals surface area contributed by atoms with E-state index in [-0.39, 0.29) is 0 Å². The third kappa shape index (κ3) is 4.40. The minimum Gasteiger partial charge on any atom is -0.309 e. The molecule has 0 amide bonds. The topological polar surface area (TPSA) is 100 Å². The van der Waals surface area contributed by atoms with Crippen LogP contribution in [0.4, 0.5) is 5.69 Å². The van der Waals surface area contributed by atoms with Gasteiger partial charge in [0.1, 0.15) is 0 Å². The number of nitrogens with zero attached hydrogens (tertiary/aromatic N) is 8. The highest BCUT2D eigenvalue weighted by molar-refractivity contribution is 6.11. The highest BCUT2D eigenvalue weighted by Gasteiger charge is 2.22. The molecule has 0 bridgehead atoms. The van der Waals surface area contributed by atoms with Crippen LogP contribution in [0.15, 0.2) is 133 Å². The lowest BCUT2D eigenvalue weighted by molar-refractivity contribution is 0.951. The van der Waals surface area contributed by atoms with Gasteiger partial charge in [0.15, 0.2) is 17.3 Å². The molecule has 0 unspecified atom stereocenters. The summed E-state index contributed by atoms with van der Waals surface area (Å²) in [6.45, 7) is 7.63. The number of rotatable bonds is 4. The Balaban J connectivity index is 1.38. The van der Waals surface area contributed by atoms with Gasteiger partial charge in [-0.25, -0.2) is 9.83 Å².